The van der Waals surface area contributed by atoms with Crippen molar-refractivity contribution >= 4 is 0 Å². The van der Waals surface area contributed by atoms with Gasteiger partial charge < -0.3 is 10.1 Å². The van der Waals surface area contributed by atoms with Crippen molar-refractivity contribution < 1.29 is 4.74 Å². The van der Waals surface area contributed by atoms with Crippen molar-refractivity contribution in [3.8, 4) is 5.75 Å². The summed E-state index contributed by atoms with van der Waals surface area (Å²) in [6, 6.07) is 9.64. The monoisotopic (exact) mass is 276 g/mol. The van der Waals surface area contributed by atoms with E-state index in [1.54, 1.807) is 0 Å². The number of rotatable bonds is 7. The molecule has 1 unspecified atom stereocenters. The summed E-state index contributed by atoms with van der Waals surface area (Å²) in [7, 11) is 0. The van der Waals surface area contributed by atoms with E-state index in [1.165, 1.54) is 24.9 Å². The smallest absolute Gasteiger partial charge is 0.119 e. The molecule has 3 nitrogen and oxygen atoms in total. The van der Waals surface area contributed by atoms with Gasteiger partial charge in [-0.2, -0.15) is 0 Å². The van der Waals surface area contributed by atoms with Crippen LogP contribution in [0.25, 0.3) is 0 Å². The predicted octanol–water partition coefficient (Wildman–Crippen LogP) is 3.05. The Hall–Kier alpha value is -1.06. The van der Waals surface area contributed by atoms with Crippen molar-refractivity contribution in [1.82, 2.24) is 10.2 Å². The van der Waals surface area contributed by atoms with Crippen LogP contribution in [0.5, 0.6) is 5.75 Å². The van der Waals surface area contributed by atoms with E-state index in [1.807, 2.05) is 6.07 Å². The Balaban J connectivity index is 1.76. The number of ether oxygens (including phenoxy) is 1. The highest BCUT2D eigenvalue weighted by Crippen LogP contribution is 2.17. The minimum Gasteiger partial charge on any atom is -0.492 e. The van der Waals surface area contributed by atoms with Gasteiger partial charge in [-0.1, -0.05) is 26.0 Å². The van der Waals surface area contributed by atoms with Crippen LogP contribution in [-0.2, 0) is 6.54 Å². The largest absolute Gasteiger partial charge is 0.492 e. The Labute approximate surface area is 123 Å². The van der Waals surface area contributed by atoms with Crippen molar-refractivity contribution in [2.75, 3.05) is 19.7 Å². The summed E-state index contributed by atoms with van der Waals surface area (Å²) in [6.45, 7) is 10.6. The maximum absolute atomic E-state index is 5.89. The van der Waals surface area contributed by atoms with Gasteiger partial charge in [-0.15, -0.1) is 0 Å². The summed E-state index contributed by atoms with van der Waals surface area (Å²) in [5, 5.41) is 3.43. The van der Waals surface area contributed by atoms with E-state index in [2.05, 4.69) is 49.2 Å². The molecule has 1 aliphatic rings. The van der Waals surface area contributed by atoms with Crippen LogP contribution >= 0.6 is 0 Å². The molecule has 1 aromatic carbocycles. The molecule has 3 heteroatoms. The highest BCUT2D eigenvalue weighted by atomic mass is 16.5. The van der Waals surface area contributed by atoms with Crippen molar-refractivity contribution in [3.05, 3.63) is 29.8 Å². The molecule has 2 rings (SSSR count). The van der Waals surface area contributed by atoms with E-state index in [0.29, 0.717) is 6.04 Å². The second-order valence-corrected chi connectivity index (χ2v) is 6.06. The molecule has 0 bridgehead atoms. The molecule has 1 saturated heterocycles. The summed E-state index contributed by atoms with van der Waals surface area (Å²) in [4.78, 5) is 2.52. The number of benzene rings is 1. The summed E-state index contributed by atoms with van der Waals surface area (Å²) in [5.74, 6) is 0.986. The average Bonchev–Trinajstić information content (AvgIpc) is 2.83. The molecule has 0 amide bonds. The molecule has 1 atom stereocenters. The third kappa shape index (κ3) is 4.80. The molecule has 112 valence electrons. The number of nitrogens with one attached hydrogen (secondary N) is 1. The zero-order valence-electron chi connectivity index (χ0n) is 13.1. The molecule has 0 aliphatic carbocycles. The Morgan fingerprint density at radius 2 is 2.25 bits per heavy atom. The molecular formula is C17H28N2O. The number of nitrogens with zero attached hydrogens (tertiary/aromatic N) is 1. The van der Waals surface area contributed by atoms with Crippen LogP contribution in [0.2, 0.25) is 0 Å². The molecule has 0 radical (unpaired) electrons. The molecule has 1 N–H and O–H groups in total. The van der Waals surface area contributed by atoms with Gasteiger partial charge >= 0.3 is 0 Å². The van der Waals surface area contributed by atoms with E-state index >= 15 is 0 Å². The Bertz CT molecular complexity index is 406. The van der Waals surface area contributed by atoms with Crippen LogP contribution in [0.15, 0.2) is 24.3 Å². The quantitative estimate of drug-likeness (QED) is 0.828. The first kappa shape index (κ1) is 15.3. The highest BCUT2D eigenvalue weighted by molar-refractivity contribution is 5.28. The molecular weight excluding hydrogens is 248 g/mol. The molecule has 1 aromatic rings. The fourth-order valence-electron chi connectivity index (χ4n) is 2.67. The lowest BCUT2D eigenvalue weighted by Crippen LogP contribution is -2.31. The van der Waals surface area contributed by atoms with Gasteiger partial charge in [0.25, 0.3) is 0 Å². The lowest BCUT2D eigenvalue weighted by Gasteiger charge is -2.20. The summed E-state index contributed by atoms with van der Waals surface area (Å²) >= 11 is 0. The van der Waals surface area contributed by atoms with Gasteiger partial charge in [-0.3, -0.25) is 4.90 Å². The van der Waals surface area contributed by atoms with Crippen LogP contribution in [0.1, 0.15) is 39.2 Å². The molecule has 1 aliphatic heterocycles. The minimum absolute atomic E-state index is 0.510. The molecule has 1 heterocycles. The molecule has 1 fully saturated rings. The first-order valence-electron chi connectivity index (χ1n) is 7.84. The second kappa shape index (κ2) is 7.65. The lowest BCUT2D eigenvalue weighted by atomic mass is 10.2. The van der Waals surface area contributed by atoms with Crippen molar-refractivity contribution in [1.29, 1.82) is 0 Å². The van der Waals surface area contributed by atoms with Crippen LogP contribution < -0.4 is 10.1 Å². The SMILES string of the molecule is CC(C)NCc1cccc(OCCN2CCCC2C)c1. The van der Waals surface area contributed by atoms with Crippen LogP contribution in [0.4, 0.5) is 0 Å². The standard InChI is InChI=1S/C17H28N2O/c1-14(2)18-13-16-7-4-8-17(12-16)20-11-10-19-9-5-6-15(19)3/h4,7-8,12,14-15,18H,5-6,9-11,13H2,1-3H3. The summed E-state index contributed by atoms with van der Waals surface area (Å²) < 4.78 is 5.89. The van der Waals surface area contributed by atoms with Crippen LogP contribution in [-0.4, -0.2) is 36.7 Å². The Kier molecular flexibility index (Phi) is 5.86. The molecule has 0 saturated carbocycles. The number of hydrogen-bond acceptors (Lipinski definition) is 3. The van der Waals surface area contributed by atoms with Gasteiger partial charge in [0, 0.05) is 25.2 Å². The third-order valence-corrected chi connectivity index (χ3v) is 3.95. The third-order valence-electron chi connectivity index (χ3n) is 3.95. The molecule has 20 heavy (non-hydrogen) atoms. The first-order chi connectivity index (χ1) is 9.65. The molecule has 0 spiro atoms. The van der Waals surface area contributed by atoms with Crippen molar-refractivity contribution in [3.63, 3.8) is 0 Å². The van der Waals surface area contributed by atoms with Crippen LogP contribution in [0.3, 0.4) is 0 Å². The fourth-order valence-corrected chi connectivity index (χ4v) is 2.67. The van der Waals surface area contributed by atoms with E-state index in [9.17, 15) is 0 Å². The van der Waals surface area contributed by atoms with Gasteiger partial charge in [0.2, 0.25) is 0 Å². The summed E-state index contributed by atoms with van der Waals surface area (Å²) in [5.41, 5.74) is 1.28. The van der Waals surface area contributed by atoms with Crippen LogP contribution in [0, 0.1) is 0 Å². The van der Waals surface area contributed by atoms with Crippen molar-refractivity contribution in [2.45, 2.75) is 52.2 Å². The first-order valence-corrected chi connectivity index (χ1v) is 7.84. The Morgan fingerprint density at radius 3 is 2.95 bits per heavy atom. The van der Waals surface area contributed by atoms with Gasteiger partial charge in [0.15, 0.2) is 0 Å². The topological polar surface area (TPSA) is 24.5 Å². The second-order valence-electron chi connectivity index (χ2n) is 6.06. The summed E-state index contributed by atoms with van der Waals surface area (Å²) in [6.07, 6.45) is 2.66. The fraction of sp³-hybridized carbons (Fsp3) is 0.647. The van der Waals surface area contributed by atoms with Gasteiger partial charge in [-0.05, 0) is 44.0 Å². The molecule has 0 aromatic heterocycles. The zero-order chi connectivity index (χ0) is 14.4. The Morgan fingerprint density at radius 1 is 1.40 bits per heavy atom. The lowest BCUT2D eigenvalue weighted by molar-refractivity contribution is 0.204. The van der Waals surface area contributed by atoms with E-state index in [-0.39, 0.29) is 0 Å². The maximum atomic E-state index is 5.89. The van der Waals surface area contributed by atoms with E-state index in [0.717, 1.165) is 31.5 Å². The average molecular weight is 276 g/mol. The number of hydrogen-bond donors (Lipinski definition) is 1. The zero-order valence-corrected chi connectivity index (χ0v) is 13.1. The maximum Gasteiger partial charge on any atom is 0.119 e. The normalized spacial score (nSPS) is 19.7. The van der Waals surface area contributed by atoms with Crippen molar-refractivity contribution in [2.24, 2.45) is 0 Å². The highest BCUT2D eigenvalue weighted by Gasteiger charge is 2.19. The van der Waals surface area contributed by atoms with Gasteiger partial charge in [-0.25, -0.2) is 0 Å². The van der Waals surface area contributed by atoms with Gasteiger partial charge in [0.05, 0.1) is 0 Å². The minimum atomic E-state index is 0.510. The van der Waals surface area contributed by atoms with Gasteiger partial charge in [0.1, 0.15) is 12.4 Å². The number of likely N-dealkylation sites (tertiary alicyclic amines) is 1. The van der Waals surface area contributed by atoms with E-state index < -0.39 is 0 Å². The predicted molar refractivity (Wildman–Crippen MR) is 84.2 cm³/mol. The van der Waals surface area contributed by atoms with E-state index in [4.69, 9.17) is 4.74 Å².